The quantitative estimate of drug-likeness (QED) is 0.771. The Kier molecular flexibility index (Phi) is 7.48. The van der Waals surface area contributed by atoms with Gasteiger partial charge in [-0.25, -0.2) is 8.78 Å². The van der Waals surface area contributed by atoms with Crippen molar-refractivity contribution < 1.29 is 18.3 Å². The van der Waals surface area contributed by atoms with Crippen molar-refractivity contribution in [1.82, 2.24) is 10.6 Å². The van der Waals surface area contributed by atoms with E-state index in [2.05, 4.69) is 10.6 Å². The van der Waals surface area contributed by atoms with Gasteiger partial charge in [0, 0.05) is 18.0 Å². The van der Waals surface area contributed by atoms with Crippen molar-refractivity contribution >= 4 is 29.9 Å². The molecular weight excluding hydrogens is 337 g/mol. The largest absolute Gasteiger partial charge is 0.375 e. The van der Waals surface area contributed by atoms with Crippen LogP contribution in [0, 0.1) is 0 Å². The number of carbonyl (C=O) groups is 1. The minimum absolute atomic E-state index is 0. The van der Waals surface area contributed by atoms with Crippen LogP contribution < -0.4 is 10.6 Å². The minimum Gasteiger partial charge on any atom is -0.375 e. The molecule has 1 heterocycles. The summed E-state index contributed by atoms with van der Waals surface area (Å²) in [5.41, 5.74) is 0.975. The lowest BCUT2D eigenvalue weighted by molar-refractivity contribution is -0.123. The molecule has 4 nitrogen and oxygen atoms in total. The summed E-state index contributed by atoms with van der Waals surface area (Å²) in [7, 11) is 0. The molecule has 8 heteroatoms. The predicted molar refractivity (Wildman–Crippen MR) is 82.7 cm³/mol. The molecular formula is C14H18Cl2F2N2O2. The van der Waals surface area contributed by atoms with E-state index in [-0.39, 0.29) is 19.0 Å². The van der Waals surface area contributed by atoms with Crippen molar-refractivity contribution in [2.24, 2.45) is 0 Å². The summed E-state index contributed by atoms with van der Waals surface area (Å²) in [6.45, 7) is 0.568. The van der Waals surface area contributed by atoms with E-state index in [1.54, 1.807) is 12.1 Å². The molecule has 1 fully saturated rings. The third-order valence-electron chi connectivity index (χ3n) is 3.15. The number of benzene rings is 1. The normalized spacial score (nSPS) is 19.5. The van der Waals surface area contributed by atoms with E-state index >= 15 is 0 Å². The van der Waals surface area contributed by atoms with Gasteiger partial charge in [-0.1, -0.05) is 23.7 Å². The molecule has 2 rings (SSSR count). The molecule has 2 N–H and O–H groups in total. The van der Waals surface area contributed by atoms with Crippen molar-refractivity contribution in [2.45, 2.75) is 25.0 Å². The molecule has 1 aliphatic heterocycles. The average molecular weight is 355 g/mol. The molecule has 0 spiro atoms. The molecule has 1 amide bonds. The fourth-order valence-electron chi connectivity index (χ4n) is 2.04. The average Bonchev–Trinajstić information content (AvgIpc) is 2.81. The molecule has 1 saturated heterocycles. The first-order chi connectivity index (χ1) is 9.96. The molecule has 1 aliphatic rings. The molecule has 1 aromatic carbocycles. The van der Waals surface area contributed by atoms with E-state index in [0.717, 1.165) is 5.56 Å². The predicted octanol–water partition coefficient (Wildman–Crippen LogP) is 2.39. The number of rotatable bonds is 6. The molecule has 1 atom stereocenters. The van der Waals surface area contributed by atoms with Crippen molar-refractivity contribution in [2.75, 3.05) is 19.7 Å². The summed E-state index contributed by atoms with van der Waals surface area (Å²) >= 11 is 5.76. The van der Waals surface area contributed by atoms with Crippen molar-refractivity contribution in [3.05, 3.63) is 34.9 Å². The topological polar surface area (TPSA) is 50.4 Å². The van der Waals surface area contributed by atoms with Crippen LogP contribution in [0.4, 0.5) is 8.78 Å². The molecule has 0 aliphatic carbocycles. The van der Waals surface area contributed by atoms with Crippen LogP contribution in [-0.4, -0.2) is 37.6 Å². The van der Waals surface area contributed by atoms with E-state index in [0.29, 0.717) is 18.2 Å². The molecule has 0 radical (unpaired) electrons. The highest BCUT2D eigenvalue weighted by atomic mass is 35.5. The number of nitrogens with one attached hydrogen (secondary N) is 2. The highest BCUT2D eigenvalue weighted by molar-refractivity contribution is 6.30. The number of hydrogen-bond donors (Lipinski definition) is 2. The lowest BCUT2D eigenvalue weighted by Crippen LogP contribution is -2.41. The van der Waals surface area contributed by atoms with E-state index in [1.807, 2.05) is 12.1 Å². The zero-order valence-electron chi connectivity index (χ0n) is 11.8. The zero-order valence-corrected chi connectivity index (χ0v) is 13.4. The van der Waals surface area contributed by atoms with Gasteiger partial charge >= 0.3 is 0 Å². The molecule has 22 heavy (non-hydrogen) atoms. The highest BCUT2D eigenvalue weighted by Gasteiger charge is 2.42. The summed E-state index contributed by atoms with van der Waals surface area (Å²) in [6, 6.07) is 6.43. The summed E-state index contributed by atoms with van der Waals surface area (Å²) in [6.07, 6.45) is -0.454. The highest BCUT2D eigenvalue weighted by Crippen LogP contribution is 2.24. The third kappa shape index (κ3) is 6.04. The standard InChI is InChI=1S/C14H17ClF2N2O2.ClH/c15-11-3-1-10(2-4-11)8-21-6-5-18-13(20)12-7-14(16,17)9-19-12;/h1-4,12,19H,5-9H2,(H,18,20);1H. The molecule has 124 valence electrons. The van der Waals surface area contributed by atoms with Crippen LogP contribution in [0.2, 0.25) is 5.02 Å². The number of hydrogen-bond acceptors (Lipinski definition) is 3. The van der Waals surface area contributed by atoms with Crippen LogP contribution in [0.1, 0.15) is 12.0 Å². The van der Waals surface area contributed by atoms with Gasteiger partial charge < -0.3 is 10.1 Å². The van der Waals surface area contributed by atoms with Gasteiger partial charge in [-0.3, -0.25) is 10.1 Å². The van der Waals surface area contributed by atoms with Gasteiger partial charge in [0.2, 0.25) is 5.91 Å². The number of ether oxygens (including phenoxy) is 1. The second kappa shape index (κ2) is 8.62. The van der Waals surface area contributed by atoms with Crippen molar-refractivity contribution in [1.29, 1.82) is 0 Å². The summed E-state index contributed by atoms with van der Waals surface area (Å²) in [5.74, 6) is -3.21. The van der Waals surface area contributed by atoms with Gasteiger partial charge in [0.1, 0.15) is 0 Å². The SMILES string of the molecule is Cl.O=C(NCCOCc1ccc(Cl)cc1)C1CC(F)(F)CN1. The van der Waals surface area contributed by atoms with Crippen LogP contribution in [0.5, 0.6) is 0 Å². The Morgan fingerprint density at radius 2 is 2.09 bits per heavy atom. The molecule has 0 aromatic heterocycles. The van der Waals surface area contributed by atoms with Gasteiger partial charge in [0.25, 0.3) is 5.92 Å². The molecule has 1 unspecified atom stereocenters. The zero-order chi connectivity index (χ0) is 15.3. The summed E-state index contributed by atoms with van der Waals surface area (Å²) < 4.78 is 31.3. The number of alkyl halides is 2. The first kappa shape index (κ1) is 19.1. The Morgan fingerprint density at radius 1 is 1.41 bits per heavy atom. The van der Waals surface area contributed by atoms with E-state index in [1.165, 1.54) is 0 Å². The van der Waals surface area contributed by atoms with Gasteiger partial charge in [-0.05, 0) is 17.7 Å². The molecule has 1 aromatic rings. The Labute approximate surface area is 139 Å². The smallest absolute Gasteiger partial charge is 0.262 e. The lowest BCUT2D eigenvalue weighted by Gasteiger charge is -2.11. The van der Waals surface area contributed by atoms with Crippen molar-refractivity contribution in [3.8, 4) is 0 Å². The fourth-order valence-corrected chi connectivity index (χ4v) is 2.17. The molecule has 0 bridgehead atoms. The first-order valence-electron chi connectivity index (χ1n) is 6.67. The summed E-state index contributed by atoms with van der Waals surface area (Å²) in [5, 5.41) is 5.74. The number of halogens is 4. The maximum Gasteiger partial charge on any atom is 0.262 e. The van der Waals surface area contributed by atoms with E-state index < -0.39 is 30.8 Å². The van der Waals surface area contributed by atoms with Crippen LogP contribution in [0.15, 0.2) is 24.3 Å². The van der Waals surface area contributed by atoms with Crippen LogP contribution in [0.3, 0.4) is 0 Å². The Hall–Kier alpha value is -0.950. The third-order valence-corrected chi connectivity index (χ3v) is 3.41. The Morgan fingerprint density at radius 3 is 2.68 bits per heavy atom. The Bertz CT molecular complexity index is 486. The second-order valence-corrected chi connectivity index (χ2v) is 5.40. The van der Waals surface area contributed by atoms with Gasteiger partial charge in [-0.15, -0.1) is 12.4 Å². The maximum absolute atomic E-state index is 12.9. The summed E-state index contributed by atoms with van der Waals surface area (Å²) in [4.78, 5) is 11.6. The van der Waals surface area contributed by atoms with E-state index in [4.69, 9.17) is 16.3 Å². The number of carbonyl (C=O) groups excluding carboxylic acids is 1. The van der Waals surface area contributed by atoms with Gasteiger partial charge in [-0.2, -0.15) is 0 Å². The van der Waals surface area contributed by atoms with Gasteiger partial charge in [0.05, 0.1) is 25.8 Å². The fraction of sp³-hybridized carbons (Fsp3) is 0.500. The lowest BCUT2D eigenvalue weighted by atomic mass is 10.2. The van der Waals surface area contributed by atoms with Crippen LogP contribution >= 0.6 is 24.0 Å². The van der Waals surface area contributed by atoms with E-state index in [9.17, 15) is 13.6 Å². The second-order valence-electron chi connectivity index (χ2n) is 4.96. The van der Waals surface area contributed by atoms with Crippen LogP contribution in [-0.2, 0) is 16.1 Å². The minimum atomic E-state index is -2.80. The van der Waals surface area contributed by atoms with Crippen LogP contribution in [0.25, 0.3) is 0 Å². The molecule has 0 saturated carbocycles. The maximum atomic E-state index is 12.9. The van der Waals surface area contributed by atoms with Gasteiger partial charge in [0.15, 0.2) is 0 Å². The van der Waals surface area contributed by atoms with Crippen molar-refractivity contribution in [3.63, 3.8) is 0 Å². The Balaban J connectivity index is 0.00000242. The monoisotopic (exact) mass is 354 g/mol. The first-order valence-corrected chi connectivity index (χ1v) is 7.05. The number of amides is 1.